The second-order valence-corrected chi connectivity index (χ2v) is 3.29. The SMILES string of the molecule is CCC(=O)C1=Cc2[nH]ncc2C=CC1. The van der Waals surface area contributed by atoms with E-state index in [-0.39, 0.29) is 5.78 Å². The van der Waals surface area contributed by atoms with Gasteiger partial charge in [-0.1, -0.05) is 19.1 Å². The van der Waals surface area contributed by atoms with Crippen LogP contribution < -0.4 is 0 Å². The first-order valence-corrected chi connectivity index (χ1v) is 4.75. The van der Waals surface area contributed by atoms with Gasteiger partial charge < -0.3 is 0 Å². The van der Waals surface area contributed by atoms with E-state index in [2.05, 4.69) is 10.2 Å². The predicted molar refractivity (Wildman–Crippen MR) is 55.5 cm³/mol. The van der Waals surface area contributed by atoms with Gasteiger partial charge in [0.2, 0.25) is 0 Å². The number of allylic oxidation sites excluding steroid dienone is 2. The lowest BCUT2D eigenvalue weighted by Crippen LogP contribution is -1.99. The maximum Gasteiger partial charge on any atom is 0.158 e. The van der Waals surface area contributed by atoms with Gasteiger partial charge in [0.1, 0.15) is 0 Å². The van der Waals surface area contributed by atoms with Crippen LogP contribution in [-0.2, 0) is 4.79 Å². The summed E-state index contributed by atoms with van der Waals surface area (Å²) in [5.41, 5.74) is 2.83. The van der Waals surface area contributed by atoms with Crippen LogP contribution in [0.3, 0.4) is 0 Å². The molecule has 2 rings (SSSR count). The standard InChI is InChI=1S/C11H12N2O/c1-2-11(14)8-4-3-5-9-7-12-13-10(9)6-8/h3,5-7H,2,4H2,1H3,(H,12,13). The number of ketones is 1. The summed E-state index contributed by atoms with van der Waals surface area (Å²) in [5.74, 6) is 0.206. The van der Waals surface area contributed by atoms with Crippen LogP contribution in [-0.4, -0.2) is 16.0 Å². The maximum atomic E-state index is 11.5. The number of fused-ring (bicyclic) bond motifs is 1. The number of hydrogen-bond acceptors (Lipinski definition) is 2. The van der Waals surface area contributed by atoms with Crippen molar-refractivity contribution in [2.24, 2.45) is 0 Å². The Kier molecular flexibility index (Phi) is 2.31. The van der Waals surface area contributed by atoms with E-state index in [0.717, 1.165) is 23.3 Å². The molecule has 0 saturated heterocycles. The number of rotatable bonds is 2. The van der Waals surface area contributed by atoms with Crippen LogP contribution in [0.5, 0.6) is 0 Å². The molecule has 0 spiro atoms. The highest BCUT2D eigenvalue weighted by molar-refractivity contribution is 6.00. The zero-order valence-corrected chi connectivity index (χ0v) is 8.08. The number of aromatic amines is 1. The lowest BCUT2D eigenvalue weighted by atomic mass is 10.1. The van der Waals surface area contributed by atoms with Crippen LogP contribution >= 0.6 is 0 Å². The van der Waals surface area contributed by atoms with E-state index in [0.29, 0.717) is 6.42 Å². The van der Waals surface area contributed by atoms with Gasteiger partial charge in [0, 0.05) is 17.6 Å². The van der Waals surface area contributed by atoms with E-state index in [1.54, 1.807) is 6.20 Å². The van der Waals surface area contributed by atoms with Crippen LogP contribution in [0.1, 0.15) is 31.0 Å². The number of nitrogens with one attached hydrogen (secondary N) is 1. The highest BCUT2D eigenvalue weighted by Gasteiger charge is 2.10. The van der Waals surface area contributed by atoms with Crippen LogP contribution in [0, 0.1) is 0 Å². The topological polar surface area (TPSA) is 45.8 Å². The molecule has 0 amide bonds. The Labute approximate surface area is 82.5 Å². The van der Waals surface area contributed by atoms with Gasteiger partial charge >= 0.3 is 0 Å². The Bertz CT molecular complexity index is 413. The van der Waals surface area contributed by atoms with Gasteiger partial charge in [-0.25, -0.2) is 0 Å². The number of H-pyrrole nitrogens is 1. The Morgan fingerprint density at radius 2 is 2.50 bits per heavy atom. The highest BCUT2D eigenvalue weighted by Crippen LogP contribution is 2.20. The number of carbonyl (C=O) groups excluding carboxylic acids is 1. The van der Waals surface area contributed by atoms with Gasteiger partial charge in [-0.2, -0.15) is 5.10 Å². The summed E-state index contributed by atoms with van der Waals surface area (Å²) in [5, 5.41) is 6.81. The molecule has 0 fully saturated rings. The van der Waals surface area contributed by atoms with Crippen molar-refractivity contribution in [3.63, 3.8) is 0 Å². The average molecular weight is 188 g/mol. The largest absolute Gasteiger partial charge is 0.295 e. The van der Waals surface area contributed by atoms with E-state index in [9.17, 15) is 4.79 Å². The molecule has 1 aliphatic carbocycles. The number of aromatic nitrogens is 2. The third-order valence-electron chi connectivity index (χ3n) is 2.33. The molecule has 1 aromatic rings. The first kappa shape index (κ1) is 8.94. The van der Waals surface area contributed by atoms with E-state index >= 15 is 0 Å². The molecule has 0 bridgehead atoms. The molecular weight excluding hydrogens is 176 g/mol. The molecule has 0 saturated carbocycles. The third-order valence-corrected chi connectivity index (χ3v) is 2.33. The molecular formula is C11H12N2O. The minimum Gasteiger partial charge on any atom is -0.295 e. The summed E-state index contributed by atoms with van der Waals surface area (Å²) in [6.45, 7) is 1.88. The van der Waals surface area contributed by atoms with Gasteiger partial charge in [0.05, 0.1) is 11.9 Å². The summed E-state index contributed by atoms with van der Waals surface area (Å²) in [6.07, 6.45) is 8.93. The number of nitrogens with zero attached hydrogens (tertiary/aromatic N) is 1. The molecule has 1 heterocycles. The minimum atomic E-state index is 0.206. The van der Waals surface area contributed by atoms with Crippen LogP contribution in [0.2, 0.25) is 0 Å². The Morgan fingerprint density at radius 1 is 1.64 bits per heavy atom. The van der Waals surface area contributed by atoms with Crippen molar-refractivity contribution in [3.8, 4) is 0 Å². The quantitative estimate of drug-likeness (QED) is 0.773. The summed E-state index contributed by atoms with van der Waals surface area (Å²) < 4.78 is 0. The number of Topliss-reactive ketones (excluding diaryl/α,β-unsaturated/α-hetero) is 1. The van der Waals surface area contributed by atoms with Crippen molar-refractivity contribution < 1.29 is 4.79 Å². The first-order chi connectivity index (χ1) is 6.81. The summed E-state index contributed by atoms with van der Waals surface area (Å²) in [4.78, 5) is 11.5. The molecule has 1 N–H and O–H groups in total. The zero-order valence-electron chi connectivity index (χ0n) is 8.08. The molecule has 1 aromatic heterocycles. The van der Waals surface area contributed by atoms with Crippen LogP contribution in [0.4, 0.5) is 0 Å². The molecule has 0 unspecified atom stereocenters. The maximum absolute atomic E-state index is 11.5. The van der Waals surface area contributed by atoms with Gasteiger partial charge in [-0.3, -0.25) is 9.89 Å². The lowest BCUT2D eigenvalue weighted by Gasteiger charge is -1.98. The van der Waals surface area contributed by atoms with Crippen molar-refractivity contribution in [1.29, 1.82) is 0 Å². The third kappa shape index (κ3) is 1.53. The molecule has 72 valence electrons. The fourth-order valence-corrected chi connectivity index (χ4v) is 1.52. The molecule has 0 aromatic carbocycles. The summed E-state index contributed by atoms with van der Waals surface area (Å²) >= 11 is 0. The van der Waals surface area contributed by atoms with Crippen LogP contribution in [0.15, 0.2) is 17.8 Å². The first-order valence-electron chi connectivity index (χ1n) is 4.75. The predicted octanol–water partition coefficient (Wildman–Crippen LogP) is 2.19. The van der Waals surface area contributed by atoms with Gasteiger partial charge in [0.25, 0.3) is 0 Å². The second-order valence-electron chi connectivity index (χ2n) is 3.29. The molecule has 1 aliphatic rings. The normalized spacial score (nSPS) is 14.5. The van der Waals surface area contributed by atoms with Crippen molar-refractivity contribution in [2.75, 3.05) is 0 Å². The molecule has 0 atom stereocenters. The molecule has 3 nitrogen and oxygen atoms in total. The van der Waals surface area contributed by atoms with Gasteiger partial charge in [0.15, 0.2) is 5.78 Å². The van der Waals surface area contributed by atoms with Crippen molar-refractivity contribution in [3.05, 3.63) is 29.1 Å². The van der Waals surface area contributed by atoms with E-state index in [4.69, 9.17) is 0 Å². The number of hydrogen-bond donors (Lipinski definition) is 1. The molecule has 14 heavy (non-hydrogen) atoms. The lowest BCUT2D eigenvalue weighted by molar-refractivity contribution is -0.115. The monoisotopic (exact) mass is 188 g/mol. The Hall–Kier alpha value is -1.64. The molecule has 3 heteroatoms. The van der Waals surface area contributed by atoms with Gasteiger partial charge in [-0.15, -0.1) is 0 Å². The highest BCUT2D eigenvalue weighted by atomic mass is 16.1. The fraction of sp³-hybridized carbons (Fsp3) is 0.273. The smallest absolute Gasteiger partial charge is 0.158 e. The zero-order chi connectivity index (χ0) is 9.97. The number of carbonyl (C=O) groups is 1. The summed E-state index contributed by atoms with van der Waals surface area (Å²) in [6, 6.07) is 0. The molecule has 0 aliphatic heterocycles. The van der Waals surface area contributed by atoms with Crippen molar-refractivity contribution >= 4 is 17.9 Å². The van der Waals surface area contributed by atoms with E-state index < -0.39 is 0 Å². The Morgan fingerprint density at radius 3 is 3.29 bits per heavy atom. The summed E-state index contributed by atoms with van der Waals surface area (Å²) in [7, 11) is 0. The van der Waals surface area contributed by atoms with Gasteiger partial charge in [-0.05, 0) is 12.5 Å². The van der Waals surface area contributed by atoms with Crippen LogP contribution in [0.25, 0.3) is 12.2 Å². The van der Waals surface area contributed by atoms with Crippen molar-refractivity contribution in [2.45, 2.75) is 19.8 Å². The van der Waals surface area contributed by atoms with E-state index in [1.807, 2.05) is 25.2 Å². The van der Waals surface area contributed by atoms with E-state index in [1.165, 1.54) is 0 Å². The fourth-order valence-electron chi connectivity index (χ4n) is 1.52. The minimum absolute atomic E-state index is 0.206. The Balaban J connectivity index is 2.40. The van der Waals surface area contributed by atoms with Crippen molar-refractivity contribution in [1.82, 2.24) is 10.2 Å². The average Bonchev–Trinajstić information content (AvgIpc) is 2.54. The molecule has 0 radical (unpaired) electrons. The second kappa shape index (κ2) is 3.62.